The Morgan fingerprint density at radius 2 is 1.91 bits per heavy atom. The van der Waals surface area contributed by atoms with Crippen LogP contribution in [0.2, 0.25) is 0 Å². The Labute approximate surface area is 64.1 Å². The van der Waals surface area contributed by atoms with Gasteiger partial charge in [0.15, 0.2) is 5.50 Å². The van der Waals surface area contributed by atoms with Crippen LogP contribution in [-0.2, 0) is 0 Å². The Bertz CT molecular complexity index is 161. The second kappa shape index (κ2) is 2.50. The smallest absolute Gasteiger partial charge is 0.247 e. The zero-order valence-corrected chi connectivity index (χ0v) is 6.11. The Kier molecular flexibility index (Phi) is 2.07. The van der Waals surface area contributed by atoms with E-state index in [-0.39, 0.29) is 11.8 Å². The van der Waals surface area contributed by atoms with Gasteiger partial charge in [0.2, 0.25) is 5.67 Å². The zero-order valence-electron chi connectivity index (χ0n) is 5.29. The fraction of sp³-hybridized carbons (Fsp3) is 1.00. The van der Waals surface area contributed by atoms with Gasteiger partial charge in [0.1, 0.15) is 6.67 Å². The van der Waals surface area contributed by atoms with E-state index in [0.717, 1.165) is 0 Å². The summed E-state index contributed by atoms with van der Waals surface area (Å²) in [5.74, 6) is -4.87. The van der Waals surface area contributed by atoms with E-state index in [0.29, 0.717) is 0 Å². The maximum absolute atomic E-state index is 12.7. The van der Waals surface area contributed by atoms with Crippen LogP contribution < -0.4 is 0 Å². The third-order valence-electron chi connectivity index (χ3n) is 1.57. The number of hydrogen-bond donors (Lipinski definition) is 0. The number of alkyl halides is 5. The number of halogens is 5. The first-order valence-corrected chi connectivity index (χ1v) is 3.87. The van der Waals surface area contributed by atoms with Crippen molar-refractivity contribution in [1.82, 2.24) is 0 Å². The quantitative estimate of drug-likeness (QED) is 0.574. The topological polar surface area (TPSA) is 0 Å². The van der Waals surface area contributed by atoms with E-state index in [2.05, 4.69) is 0 Å². The summed E-state index contributed by atoms with van der Waals surface area (Å²) in [5, 5.41) is 0. The van der Waals surface area contributed by atoms with Crippen LogP contribution in [-0.4, -0.2) is 29.5 Å². The summed E-state index contributed by atoms with van der Waals surface area (Å²) in [6, 6.07) is 0. The first kappa shape index (κ1) is 9.09. The predicted octanol–water partition coefficient (Wildman–Crippen LogP) is 2.34. The molecule has 2 atom stereocenters. The minimum atomic E-state index is -3.88. The molecule has 1 rings (SSSR count). The van der Waals surface area contributed by atoms with Gasteiger partial charge in [0.05, 0.1) is 5.75 Å². The van der Waals surface area contributed by atoms with Crippen LogP contribution in [0.25, 0.3) is 0 Å². The Hall–Kier alpha value is -0.0000000000000000555. The van der Waals surface area contributed by atoms with Crippen LogP contribution in [0.1, 0.15) is 0 Å². The summed E-state index contributed by atoms with van der Waals surface area (Å²) in [4.78, 5) is 0. The van der Waals surface area contributed by atoms with Crippen molar-refractivity contribution < 1.29 is 22.0 Å². The number of rotatable bonds is 1. The van der Waals surface area contributed by atoms with Gasteiger partial charge in [-0.3, -0.25) is 0 Å². The lowest BCUT2D eigenvalue weighted by molar-refractivity contribution is -0.134. The highest BCUT2D eigenvalue weighted by atomic mass is 32.2. The molecule has 0 aromatic carbocycles. The first-order valence-electron chi connectivity index (χ1n) is 2.82. The molecular weight excluding hydrogens is 187 g/mol. The van der Waals surface area contributed by atoms with Crippen molar-refractivity contribution >= 4 is 11.8 Å². The standard InChI is InChI=1S/C5H5F5S/c6-1-4(8)3(7)11-2-5(4,9)10/h3H,1-2H2. The SMILES string of the molecule is FCC1(F)C(F)SCC1(F)F. The average Bonchev–Trinajstić information content (AvgIpc) is 2.15. The van der Waals surface area contributed by atoms with E-state index in [1.165, 1.54) is 0 Å². The van der Waals surface area contributed by atoms with Crippen LogP contribution in [0.3, 0.4) is 0 Å². The van der Waals surface area contributed by atoms with E-state index in [4.69, 9.17) is 0 Å². The first-order chi connectivity index (χ1) is 4.94. The zero-order chi connectivity index (χ0) is 8.70. The van der Waals surface area contributed by atoms with Gasteiger partial charge in [0, 0.05) is 0 Å². The third kappa shape index (κ3) is 1.11. The Morgan fingerprint density at radius 3 is 2.09 bits per heavy atom. The molecule has 0 aromatic rings. The third-order valence-corrected chi connectivity index (χ3v) is 2.77. The van der Waals surface area contributed by atoms with Crippen molar-refractivity contribution in [3.05, 3.63) is 0 Å². The predicted molar refractivity (Wildman–Crippen MR) is 32.1 cm³/mol. The van der Waals surface area contributed by atoms with Crippen LogP contribution in [0.5, 0.6) is 0 Å². The molecule has 0 nitrogen and oxygen atoms in total. The molecule has 6 heteroatoms. The normalized spacial score (nSPS) is 42.8. The van der Waals surface area contributed by atoms with Crippen LogP contribution in [0.15, 0.2) is 0 Å². The summed E-state index contributed by atoms with van der Waals surface area (Å²) >= 11 is 0.104. The lowest BCUT2D eigenvalue weighted by Gasteiger charge is -2.23. The molecule has 11 heavy (non-hydrogen) atoms. The molecule has 0 saturated carbocycles. The van der Waals surface area contributed by atoms with E-state index in [1.54, 1.807) is 0 Å². The lowest BCUT2D eigenvalue weighted by Crippen LogP contribution is -2.47. The minimum Gasteiger partial charge on any atom is -0.247 e. The van der Waals surface area contributed by atoms with Crippen molar-refractivity contribution in [3.63, 3.8) is 0 Å². The van der Waals surface area contributed by atoms with Gasteiger partial charge in [-0.25, -0.2) is 22.0 Å². The molecular formula is C5H5F5S. The van der Waals surface area contributed by atoms with Gasteiger partial charge in [-0.1, -0.05) is 0 Å². The second-order valence-corrected chi connectivity index (χ2v) is 3.36. The number of thioether (sulfide) groups is 1. The maximum atomic E-state index is 12.7. The van der Waals surface area contributed by atoms with E-state index in [1.807, 2.05) is 0 Å². The molecule has 0 spiro atoms. The summed E-state index contributed by atoms with van der Waals surface area (Å²) < 4.78 is 61.5. The van der Waals surface area contributed by atoms with Crippen LogP contribution >= 0.6 is 11.8 Å². The van der Waals surface area contributed by atoms with Gasteiger partial charge in [-0.2, -0.15) is 0 Å². The molecule has 0 N–H and O–H groups in total. The van der Waals surface area contributed by atoms with Gasteiger partial charge < -0.3 is 0 Å². The summed E-state index contributed by atoms with van der Waals surface area (Å²) in [5.41, 5.74) is -6.07. The van der Waals surface area contributed by atoms with Gasteiger partial charge in [-0.15, -0.1) is 11.8 Å². The van der Waals surface area contributed by atoms with Crippen molar-refractivity contribution in [2.24, 2.45) is 0 Å². The van der Waals surface area contributed by atoms with Gasteiger partial charge in [-0.05, 0) is 0 Å². The Balaban J connectivity index is 2.88. The molecule has 1 aliphatic rings. The summed E-state index contributed by atoms with van der Waals surface area (Å²) in [6.07, 6.45) is 0. The fourth-order valence-corrected chi connectivity index (χ4v) is 1.85. The maximum Gasteiger partial charge on any atom is 0.296 e. The monoisotopic (exact) mass is 192 g/mol. The van der Waals surface area contributed by atoms with Gasteiger partial charge in [0.25, 0.3) is 5.92 Å². The van der Waals surface area contributed by atoms with Crippen molar-refractivity contribution in [3.8, 4) is 0 Å². The van der Waals surface area contributed by atoms with Crippen molar-refractivity contribution in [2.45, 2.75) is 17.1 Å². The van der Waals surface area contributed by atoms with Crippen molar-refractivity contribution in [2.75, 3.05) is 12.4 Å². The molecule has 0 bridgehead atoms. The highest BCUT2D eigenvalue weighted by Gasteiger charge is 2.66. The molecule has 0 radical (unpaired) electrons. The largest absolute Gasteiger partial charge is 0.296 e. The molecule has 1 heterocycles. The van der Waals surface area contributed by atoms with Crippen LogP contribution in [0.4, 0.5) is 22.0 Å². The summed E-state index contributed by atoms with van der Waals surface area (Å²) in [7, 11) is 0. The molecule has 1 aliphatic heterocycles. The lowest BCUT2D eigenvalue weighted by atomic mass is 10.0. The molecule has 0 aliphatic carbocycles. The molecule has 66 valence electrons. The van der Waals surface area contributed by atoms with E-state index < -0.39 is 29.5 Å². The van der Waals surface area contributed by atoms with Crippen molar-refractivity contribution in [1.29, 1.82) is 0 Å². The number of hydrogen-bond acceptors (Lipinski definition) is 1. The van der Waals surface area contributed by atoms with E-state index >= 15 is 0 Å². The highest BCUT2D eigenvalue weighted by molar-refractivity contribution is 8.00. The fourth-order valence-electron chi connectivity index (χ4n) is 0.754. The Morgan fingerprint density at radius 1 is 1.36 bits per heavy atom. The van der Waals surface area contributed by atoms with Crippen LogP contribution in [0, 0.1) is 0 Å². The van der Waals surface area contributed by atoms with E-state index in [9.17, 15) is 22.0 Å². The molecule has 0 amide bonds. The highest BCUT2D eigenvalue weighted by Crippen LogP contribution is 2.50. The molecule has 1 fully saturated rings. The average molecular weight is 192 g/mol. The molecule has 0 aromatic heterocycles. The minimum absolute atomic E-state index is 0.104. The second-order valence-electron chi connectivity index (χ2n) is 2.33. The summed E-state index contributed by atoms with van der Waals surface area (Å²) in [6.45, 7) is -1.98. The molecule has 1 saturated heterocycles. The van der Waals surface area contributed by atoms with Gasteiger partial charge >= 0.3 is 0 Å². The molecule has 2 unspecified atom stereocenters.